The number of carbonyl (C=O) groups excluding carboxylic acids is 1. The molecule has 5 rings (SSSR count). The molecule has 20 heteroatoms. The third kappa shape index (κ3) is 22.5. The maximum atomic E-state index is 13.8. The van der Waals surface area contributed by atoms with Crippen LogP contribution in [0.25, 0.3) is 22.3 Å². The molecule has 0 aliphatic heterocycles. The van der Waals surface area contributed by atoms with Gasteiger partial charge in [0.25, 0.3) is 28.7 Å². The lowest BCUT2D eigenvalue weighted by Gasteiger charge is -2.39. The van der Waals surface area contributed by atoms with E-state index in [4.69, 9.17) is 0 Å². The minimum Gasteiger partial charge on any atom is -1.00 e. The lowest BCUT2D eigenvalue weighted by atomic mass is 9.94. The number of hydrogen-bond donors (Lipinski definition) is 2. The van der Waals surface area contributed by atoms with Crippen molar-refractivity contribution in [2.75, 3.05) is 57.7 Å². The van der Waals surface area contributed by atoms with E-state index in [1.54, 1.807) is 60.7 Å². The summed E-state index contributed by atoms with van der Waals surface area (Å²) in [4.78, 5) is 62.6. The molecule has 0 fully saturated rings. The van der Waals surface area contributed by atoms with Crippen LogP contribution >= 0.6 is 0 Å². The second-order valence-electron chi connectivity index (χ2n) is 21.0. The third-order valence-electron chi connectivity index (χ3n) is 14.6. The van der Waals surface area contributed by atoms with Crippen LogP contribution in [0.5, 0.6) is 0 Å². The summed E-state index contributed by atoms with van der Waals surface area (Å²) in [7, 11) is 0. The van der Waals surface area contributed by atoms with Gasteiger partial charge < -0.3 is 29.1 Å². The molecular weight excluding hydrogens is 1050 g/mol. The quantitative estimate of drug-likeness (QED) is 0.0129. The number of halogens is 1. The van der Waals surface area contributed by atoms with Gasteiger partial charge in [0.05, 0.1) is 101 Å². The molecule has 2 N–H and O–H groups in total. The number of anilines is 1. The summed E-state index contributed by atoms with van der Waals surface area (Å²) in [5.74, 6) is -2.00. The van der Waals surface area contributed by atoms with E-state index in [1.165, 1.54) is 164 Å². The van der Waals surface area contributed by atoms with Gasteiger partial charge in [0.1, 0.15) is 5.69 Å². The fourth-order valence-corrected chi connectivity index (χ4v) is 10.0. The summed E-state index contributed by atoms with van der Waals surface area (Å²) >= 11 is 0. The normalized spacial score (nSPS) is 11.3. The van der Waals surface area contributed by atoms with Crippen LogP contribution in [-0.4, -0.2) is 97.8 Å². The predicted molar refractivity (Wildman–Crippen MR) is 324 cm³/mol. The number of H-pyrrole nitrogens is 1. The standard InChI is InChI=1S/C30H19N7O10.2C16H36N.FH/c38-29(31-19-11-21(34(40)41)15-22(12-19)35(42)43)27-25(17-7-3-1-4-8-17)26(18-9-5-2-6-10-18)28(33-27)30(39)32-20-13-23(36(44)45)16-24(14-20)37(46)47;2*1-5-9-13-17(14-10-6-2,15-11-7-3)16-12-8-4;/h1-16,33H,(H,31,38)(H,32,39);2*5-16H2,1-4H3;1H/q;2*+1;/p-2. The van der Waals surface area contributed by atoms with Gasteiger partial charge in [-0.15, -0.1) is 0 Å². The van der Waals surface area contributed by atoms with Crippen LogP contribution < -0.4 is 15.1 Å². The molecule has 0 spiro atoms. The average Bonchev–Trinajstić information content (AvgIpc) is 3.91. The Morgan fingerprint density at radius 2 is 0.732 bits per heavy atom. The first-order chi connectivity index (χ1) is 38.9. The van der Waals surface area contributed by atoms with Gasteiger partial charge in [-0.1, -0.05) is 167 Å². The van der Waals surface area contributed by atoms with Gasteiger partial charge in [-0.05, 0) is 62.5 Å². The van der Waals surface area contributed by atoms with Gasteiger partial charge in [-0.25, -0.2) is 0 Å². The topological polar surface area (TPSA) is 253 Å². The van der Waals surface area contributed by atoms with Gasteiger partial charge in [0.2, 0.25) is 0 Å². The molecule has 5 aromatic rings. The maximum Gasteiger partial charge on any atom is 0.278 e. The number of nitrogens with one attached hydrogen (secondary N) is 2. The second kappa shape index (κ2) is 37.5. The molecule has 0 radical (unpaired) electrons. The first-order valence-electron chi connectivity index (χ1n) is 29.4. The van der Waals surface area contributed by atoms with Gasteiger partial charge >= 0.3 is 0 Å². The number of carbonyl (C=O) groups is 1. The van der Waals surface area contributed by atoms with E-state index in [2.05, 4.69) is 70.7 Å². The number of benzene rings is 4. The summed E-state index contributed by atoms with van der Waals surface area (Å²) in [5, 5.41) is 61.8. The number of unbranched alkanes of at least 4 members (excludes halogenated alkanes) is 8. The van der Waals surface area contributed by atoms with Crippen molar-refractivity contribution in [1.82, 2.24) is 4.98 Å². The maximum absolute atomic E-state index is 13.8. The lowest BCUT2D eigenvalue weighted by Crippen LogP contribution is -3.00. The molecule has 0 saturated carbocycles. The number of rotatable bonds is 34. The van der Waals surface area contributed by atoms with Gasteiger partial charge in [-0.3, -0.25) is 50.2 Å². The molecule has 19 nitrogen and oxygen atoms in total. The molecule has 4 aromatic carbocycles. The summed E-state index contributed by atoms with van der Waals surface area (Å²) in [6, 6.07) is 21.6. The Morgan fingerprint density at radius 1 is 0.451 bits per heavy atom. The molecule has 1 amide bonds. The zero-order chi connectivity index (χ0) is 59.8. The summed E-state index contributed by atoms with van der Waals surface area (Å²) in [6.45, 7) is 30.0. The molecular formula is C62H90FN9O10. The average molecular weight is 1140 g/mol. The molecule has 0 aliphatic carbocycles. The lowest BCUT2D eigenvalue weighted by molar-refractivity contribution is -0.929. The molecule has 1 aromatic heterocycles. The van der Waals surface area contributed by atoms with Crippen molar-refractivity contribution in [1.29, 1.82) is 0 Å². The Labute approximate surface area is 484 Å². The van der Waals surface area contributed by atoms with E-state index in [-0.39, 0.29) is 32.9 Å². The highest BCUT2D eigenvalue weighted by molar-refractivity contribution is 6.14. The minimum absolute atomic E-state index is 0. The van der Waals surface area contributed by atoms with E-state index >= 15 is 0 Å². The Hall–Kier alpha value is -7.45. The highest BCUT2D eigenvalue weighted by Crippen LogP contribution is 2.40. The van der Waals surface area contributed by atoms with Gasteiger partial charge in [0.15, 0.2) is 0 Å². The van der Waals surface area contributed by atoms with Crippen molar-refractivity contribution in [3.8, 4) is 22.3 Å². The van der Waals surface area contributed by atoms with Crippen molar-refractivity contribution in [2.45, 2.75) is 158 Å². The number of hydrogen-bond acceptors (Lipinski definition) is 11. The van der Waals surface area contributed by atoms with Crippen LogP contribution in [0.3, 0.4) is 0 Å². The summed E-state index contributed by atoms with van der Waals surface area (Å²) < 4.78 is 2.84. The number of aromatic nitrogens is 1. The van der Waals surface area contributed by atoms with Gasteiger partial charge in [0, 0.05) is 41.3 Å². The molecule has 0 atom stereocenters. The van der Waals surface area contributed by atoms with Crippen LogP contribution in [0.2, 0.25) is 0 Å². The molecule has 0 unspecified atom stereocenters. The monoisotopic (exact) mass is 1140 g/mol. The Balaban J connectivity index is 0.000000539. The van der Waals surface area contributed by atoms with Crippen LogP contribution in [0.15, 0.2) is 102 Å². The van der Waals surface area contributed by atoms with E-state index in [0.29, 0.717) is 17.2 Å². The van der Waals surface area contributed by atoms with Crippen molar-refractivity contribution in [2.24, 2.45) is 4.99 Å². The molecule has 0 bridgehead atoms. The van der Waals surface area contributed by atoms with Crippen molar-refractivity contribution >= 4 is 45.9 Å². The van der Waals surface area contributed by atoms with Crippen LogP contribution in [0.1, 0.15) is 174 Å². The van der Waals surface area contributed by atoms with Crippen LogP contribution in [-0.2, 0) is 0 Å². The SMILES string of the molecule is CCCC[N+](CCCC)(CCCC)CCCC.CCCC[N+](CCCC)(CCCC)CCCC.O=C(Nc1cc([N+](=O)[O-])cc([N+](=O)[O-])c1)c1[nH]c(C([O-])=Nc2cc([N+](=O)[O-])cc([N+](=O)[O-])c2)c(-c2ccccc2)c1-c1ccccc1.[F-]. The van der Waals surface area contributed by atoms with Crippen LogP contribution in [0.4, 0.5) is 34.1 Å². The smallest absolute Gasteiger partial charge is 0.278 e. The highest BCUT2D eigenvalue weighted by Gasteiger charge is 2.29. The number of aromatic amines is 1. The van der Waals surface area contributed by atoms with Crippen LogP contribution in [0, 0.1) is 40.5 Å². The Kier molecular flexibility index (Phi) is 32.3. The van der Waals surface area contributed by atoms with E-state index in [0.717, 1.165) is 30.3 Å². The second-order valence-corrected chi connectivity index (χ2v) is 21.0. The molecule has 1 heterocycles. The number of nitro benzene ring substituents is 4. The largest absolute Gasteiger partial charge is 1.00 e. The Bertz CT molecular complexity index is 2600. The molecule has 450 valence electrons. The van der Waals surface area contributed by atoms with E-state index in [1.807, 2.05) is 0 Å². The predicted octanol–water partition coefficient (Wildman–Crippen LogP) is 12.7. The number of quaternary nitrogens is 2. The summed E-state index contributed by atoms with van der Waals surface area (Å²) in [5.41, 5.74) is -2.68. The zero-order valence-corrected chi connectivity index (χ0v) is 49.8. The van der Waals surface area contributed by atoms with E-state index in [9.17, 15) is 50.4 Å². The number of amides is 1. The minimum atomic E-state index is -1.05. The molecule has 82 heavy (non-hydrogen) atoms. The number of non-ortho nitro benzene ring substituents is 4. The summed E-state index contributed by atoms with van der Waals surface area (Å²) in [6.07, 6.45) is 22.1. The fraction of sp³-hybridized carbons (Fsp3) is 0.516. The van der Waals surface area contributed by atoms with Gasteiger partial charge in [-0.2, -0.15) is 0 Å². The molecule has 0 aliphatic rings. The zero-order valence-electron chi connectivity index (χ0n) is 49.8. The fourth-order valence-electron chi connectivity index (χ4n) is 10.0. The number of nitro groups is 4. The van der Waals surface area contributed by atoms with Crippen molar-refractivity contribution in [3.05, 3.63) is 149 Å². The third-order valence-corrected chi connectivity index (χ3v) is 14.6. The van der Waals surface area contributed by atoms with Crippen molar-refractivity contribution in [3.63, 3.8) is 0 Å². The Morgan fingerprint density at radius 3 is 1.01 bits per heavy atom. The number of nitrogens with zero attached hydrogens (tertiary/aromatic N) is 7. The first kappa shape index (κ1) is 70.7. The molecule has 0 saturated heterocycles. The highest BCUT2D eigenvalue weighted by atomic mass is 19.0. The number of aliphatic imine (C=N–C) groups is 1. The van der Waals surface area contributed by atoms with Crippen molar-refractivity contribution < 1.29 is 43.3 Å². The van der Waals surface area contributed by atoms with E-state index < -0.39 is 59.9 Å². The first-order valence-corrected chi connectivity index (χ1v) is 29.4.